The summed E-state index contributed by atoms with van der Waals surface area (Å²) >= 11 is 0. The molecule has 1 aliphatic heterocycles. The number of piperazine rings is 1. The molecule has 2 aliphatic rings. The Kier molecular flexibility index (Phi) is 6.11. The van der Waals surface area contributed by atoms with Crippen molar-refractivity contribution in [2.75, 3.05) is 32.8 Å². The van der Waals surface area contributed by atoms with Gasteiger partial charge in [-0.1, -0.05) is 61.2 Å². The van der Waals surface area contributed by atoms with E-state index in [0.717, 1.165) is 27.2 Å². The molecule has 0 unspecified atom stereocenters. The molecule has 2 amide bonds. The molecule has 166 valence electrons. The number of amides is 2. The molecule has 8 heteroatoms. The zero-order valence-electron chi connectivity index (χ0n) is 17.5. The Labute approximate surface area is 185 Å². The molecule has 1 saturated heterocycles. The van der Waals surface area contributed by atoms with Gasteiger partial charge >= 0.3 is 18.2 Å². The molecule has 1 N–H and O–H groups in total. The van der Waals surface area contributed by atoms with Crippen LogP contribution in [-0.4, -0.2) is 72.0 Å². The standard InChI is InChI=1S/C24H24N2O6/c1-2-13-31-24(30)26-12-11-25(14-21(26)22(27)28)23(29)32-15-20-18-9-5-3-7-16(18)17-8-4-6-10-19(17)20/h2-10,20-21H,1,11-15H2,(H,27,28)/t21-/m1/s1. The van der Waals surface area contributed by atoms with Gasteiger partial charge in [-0.15, -0.1) is 0 Å². The second kappa shape index (κ2) is 9.13. The Morgan fingerprint density at radius 1 is 0.969 bits per heavy atom. The third-order valence-electron chi connectivity index (χ3n) is 5.82. The van der Waals surface area contributed by atoms with E-state index in [-0.39, 0.29) is 38.8 Å². The van der Waals surface area contributed by atoms with Crippen molar-refractivity contribution in [1.82, 2.24) is 9.80 Å². The maximum atomic E-state index is 12.8. The van der Waals surface area contributed by atoms with Crippen LogP contribution in [0.1, 0.15) is 17.0 Å². The van der Waals surface area contributed by atoms with E-state index in [1.54, 1.807) is 0 Å². The van der Waals surface area contributed by atoms with Gasteiger partial charge in [0.1, 0.15) is 13.2 Å². The summed E-state index contributed by atoms with van der Waals surface area (Å²) < 4.78 is 10.6. The molecule has 0 saturated carbocycles. The fourth-order valence-electron chi connectivity index (χ4n) is 4.28. The lowest BCUT2D eigenvalue weighted by Gasteiger charge is -2.38. The highest BCUT2D eigenvalue weighted by molar-refractivity contribution is 5.82. The van der Waals surface area contributed by atoms with Crippen LogP contribution in [0, 0.1) is 0 Å². The summed E-state index contributed by atoms with van der Waals surface area (Å²) in [7, 11) is 0. The van der Waals surface area contributed by atoms with Crippen molar-refractivity contribution in [3.8, 4) is 11.1 Å². The molecule has 32 heavy (non-hydrogen) atoms. The van der Waals surface area contributed by atoms with E-state index in [9.17, 15) is 19.5 Å². The molecule has 8 nitrogen and oxygen atoms in total. The molecule has 4 rings (SSSR count). The van der Waals surface area contributed by atoms with Crippen molar-refractivity contribution < 1.29 is 29.0 Å². The van der Waals surface area contributed by atoms with Crippen molar-refractivity contribution in [1.29, 1.82) is 0 Å². The first-order valence-electron chi connectivity index (χ1n) is 10.4. The van der Waals surface area contributed by atoms with E-state index in [2.05, 4.69) is 18.7 Å². The van der Waals surface area contributed by atoms with Gasteiger partial charge in [0.2, 0.25) is 0 Å². The molecule has 1 heterocycles. The van der Waals surface area contributed by atoms with Crippen molar-refractivity contribution in [2.45, 2.75) is 12.0 Å². The maximum Gasteiger partial charge on any atom is 0.410 e. The third-order valence-corrected chi connectivity index (χ3v) is 5.82. The first kappa shape index (κ1) is 21.4. The molecule has 1 aliphatic carbocycles. The second-order valence-corrected chi connectivity index (χ2v) is 7.66. The number of carbonyl (C=O) groups is 3. The second-order valence-electron chi connectivity index (χ2n) is 7.66. The quantitative estimate of drug-likeness (QED) is 0.723. The lowest BCUT2D eigenvalue weighted by molar-refractivity contribution is -0.144. The van der Waals surface area contributed by atoms with Crippen LogP contribution in [0.3, 0.4) is 0 Å². The molecule has 1 fully saturated rings. The third kappa shape index (κ3) is 4.03. The van der Waals surface area contributed by atoms with Gasteiger partial charge in [-0.25, -0.2) is 14.4 Å². The Hall–Kier alpha value is -3.81. The number of rotatable bonds is 5. The van der Waals surface area contributed by atoms with Crippen LogP contribution in [0.2, 0.25) is 0 Å². The SMILES string of the molecule is C=CCOC(=O)N1CCN(C(=O)OCC2c3ccccc3-c3ccccc32)C[C@@H]1C(=O)O. The molecule has 1 atom stereocenters. The number of nitrogens with zero attached hydrogens (tertiary/aromatic N) is 2. The first-order chi connectivity index (χ1) is 15.5. The number of fused-ring (bicyclic) bond motifs is 3. The summed E-state index contributed by atoms with van der Waals surface area (Å²) in [6, 6.07) is 14.8. The van der Waals surface area contributed by atoms with Gasteiger partial charge in [0.25, 0.3) is 0 Å². The van der Waals surface area contributed by atoms with Gasteiger partial charge in [-0.2, -0.15) is 0 Å². The maximum absolute atomic E-state index is 12.8. The molecule has 2 aromatic rings. The van der Waals surface area contributed by atoms with Crippen LogP contribution in [-0.2, 0) is 14.3 Å². The normalized spacial score (nSPS) is 17.3. The van der Waals surface area contributed by atoms with Gasteiger partial charge in [0, 0.05) is 19.0 Å². The summed E-state index contributed by atoms with van der Waals surface area (Å²) in [5.41, 5.74) is 4.45. The molecular weight excluding hydrogens is 412 g/mol. The van der Waals surface area contributed by atoms with Crippen LogP contribution in [0.15, 0.2) is 61.2 Å². The number of benzene rings is 2. The smallest absolute Gasteiger partial charge is 0.410 e. The lowest BCUT2D eigenvalue weighted by atomic mass is 9.98. The van der Waals surface area contributed by atoms with E-state index in [4.69, 9.17) is 9.47 Å². The number of ether oxygens (including phenoxy) is 2. The monoisotopic (exact) mass is 436 g/mol. The van der Waals surface area contributed by atoms with Crippen LogP contribution in [0.5, 0.6) is 0 Å². The fourth-order valence-corrected chi connectivity index (χ4v) is 4.28. The lowest BCUT2D eigenvalue weighted by Crippen LogP contribution is -2.59. The Morgan fingerprint density at radius 3 is 2.19 bits per heavy atom. The van der Waals surface area contributed by atoms with Crippen LogP contribution >= 0.6 is 0 Å². The van der Waals surface area contributed by atoms with Crippen LogP contribution in [0.25, 0.3) is 11.1 Å². The highest BCUT2D eigenvalue weighted by Crippen LogP contribution is 2.44. The van der Waals surface area contributed by atoms with Gasteiger partial charge in [0.05, 0.1) is 6.54 Å². The number of carbonyl (C=O) groups excluding carboxylic acids is 2. The van der Waals surface area contributed by atoms with E-state index >= 15 is 0 Å². The topological polar surface area (TPSA) is 96.4 Å². The zero-order chi connectivity index (χ0) is 22.7. The molecule has 0 radical (unpaired) electrons. The van der Waals surface area contributed by atoms with Crippen LogP contribution < -0.4 is 0 Å². The van der Waals surface area contributed by atoms with Gasteiger partial charge in [0.15, 0.2) is 6.04 Å². The number of hydrogen-bond acceptors (Lipinski definition) is 5. The summed E-state index contributed by atoms with van der Waals surface area (Å²) in [6.45, 7) is 3.62. The minimum atomic E-state index is -1.21. The fraction of sp³-hybridized carbons (Fsp3) is 0.292. The van der Waals surface area contributed by atoms with Crippen molar-refractivity contribution in [2.24, 2.45) is 0 Å². The van der Waals surface area contributed by atoms with Crippen molar-refractivity contribution in [3.63, 3.8) is 0 Å². The summed E-state index contributed by atoms with van der Waals surface area (Å²) in [5.74, 6) is -1.30. The summed E-state index contributed by atoms with van der Waals surface area (Å²) in [6.07, 6.45) is 0.0577. The zero-order valence-corrected chi connectivity index (χ0v) is 17.5. The highest BCUT2D eigenvalue weighted by Gasteiger charge is 2.39. The molecule has 0 bridgehead atoms. The average molecular weight is 436 g/mol. The Balaban J connectivity index is 1.42. The highest BCUT2D eigenvalue weighted by atomic mass is 16.6. The van der Waals surface area contributed by atoms with Gasteiger partial charge < -0.3 is 19.5 Å². The van der Waals surface area contributed by atoms with E-state index < -0.39 is 24.2 Å². The molecular formula is C24H24N2O6. The van der Waals surface area contributed by atoms with E-state index in [1.165, 1.54) is 11.0 Å². The number of aliphatic carboxylic acids is 1. The van der Waals surface area contributed by atoms with E-state index in [0.29, 0.717) is 0 Å². The van der Waals surface area contributed by atoms with Gasteiger partial charge in [-0.05, 0) is 22.3 Å². The Morgan fingerprint density at radius 2 is 1.59 bits per heavy atom. The average Bonchev–Trinajstić information content (AvgIpc) is 3.14. The number of carboxylic acids is 1. The van der Waals surface area contributed by atoms with Crippen LogP contribution in [0.4, 0.5) is 9.59 Å². The predicted molar refractivity (Wildman–Crippen MR) is 116 cm³/mol. The number of carboxylic acid groups (broad SMARTS) is 1. The summed E-state index contributed by atoms with van der Waals surface area (Å²) in [5, 5.41) is 9.56. The molecule has 0 aromatic heterocycles. The molecule has 2 aromatic carbocycles. The van der Waals surface area contributed by atoms with Crippen molar-refractivity contribution >= 4 is 18.2 Å². The predicted octanol–water partition coefficient (Wildman–Crippen LogP) is 3.33. The molecule has 0 spiro atoms. The number of hydrogen-bond donors (Lipinski definition) is 1. The van der Waals surface area contributed by atoms with E-state index in [1.807, 2.05) is 36.4 Å². The van der Waals surface area contributed by atoms with Crippen molar-refractivity contribution in [3.05, 3.63) is 72.3 Å². The largest absolute Gasteiger partial charge is 0.480 e. The first-order valence-corrected chi connectivity index (χ1v) is 10.4. The minimum absolute atomic E-state index is 0.0161. The summed E-state index contributed by atoms with van der Waals surface area (Å²) in [4.78, 5) is 39.0. The minimum Gasteiger partial charge on any atom is -0.480 e. The Bertz CT molecular complexity index is 1010. The van der Waals surface area contributed by atoms with Gasteiger partial charge in [-0.3, -0.25) is 4.90 Å².